The molecule has 1 rings (SSSR count). The molecule has 1 aliphatic rings. The maximum Gasteiger partial charge on any atom is 0.188 e. The lowest BCUT2D eigenvalue weighted by Crippen LogP contribution is -2.45. The molecule has 3 unspecified atom stereocenters. The lowest BCUT2D eigenvalue weighted by atomic mass is 9.80. The molecule has 3 heteroatoms. The minimum Gasteiger partial charge on any atom is -0.370 e. The zero-order chi connectivity index (χ0) is 10.6. The van der Waals surface area contributed by atoms with Crippen LogP contribution in [0, 0.1) is 11.8 Å². The molecule has 1 saturated carbocycles. The van der Waals surface area contributed by atoms with Crippen LogP contribution in [0.2, 0.25) is 0 Å². The van der Waals surface area contributed by atoms with Crippen molar-refractivity contribution in [1.82, 2.24) is 5.32 Å². The van der Waals surface area contributed by atoms with Crippen LogP contribution >= 0.6 is 0 Å². The van der Waals surface area contributed by atoms with E-state index in [0.717, 1.165) is 12.5 Å². The second-order valence-electron chi connectivity index (χ2n) is 4.51. The van der Waals surface area contributed by atoms with E-state index in [0.29, 0.717) is 17.9 Å². The van der Waals surface area contributed by atoms with Crippen LogP contribution in [0.15, 0.2) is 4.99 Å². The van der Waals surface area contributed by atoms with Crippen LogP contribution in [-0.4, -0.2) is 18.5 Å². The molecule has 3 nitrogen and oxygen atoms in total. The lowest BCUT2D eigenvalue weighted by Gasteiger charge is -2.33. The van der Waals surface area contributed by atoms with E-state index < -0.39 is 0 Å². The fourth-order valence-electron chi connectivity index (χ4n) is 2.29. The molecule has 0 aromatic carbocycles. The van der Waals surface area contributed by atoms with Gasteiger partial charge in [0.1, 0.15) is 0 Å². The first-order chi connectivity index (χ1) is 6.63. The van der Waals surface area contributed by atoms with E-state index in [1.54, 1.807) is 0 Å². The van der Waals surface area contributed by atoms with Crippen molar-refractivity contribution >= 4 is 5.96 Å². The van der Waals surface area contributed by atoms with Crippen molar-refractivity contribution in [2.45, 2.75) is 46.1 Å². The van der Waals surface area contributed by atoms with Gasteiger partial charge in [-0.2, -0.15) is 0 Å². The molecular formula is C11H23N3. The number of aliphatic imine (C=N–C) groups is 1. The number of hydrogen-bond donors (Lipinski definition) is 2. The van der Waals surface area contributed by atoms with Crippen LogP contribution in [0.1, 0.15) is 40.0 Å². The van der Waals surface area contributed by atoms with E-state index in [1.807, 2.05) is 6.92 Å². The molecule has 0 aromatic heterocycles. The second-order valence-corrected chi connectivity index (χ2v) is 4.51. The second kappa shape index (κ2) is 5.23. The van der Waals surface area contributed by atoms with Gasteiger partial charge in [0.05, 0.1) is 0 Å². The fraction of sp³-hybridized carbons (Fsp3) is 0.909. The first kappa shape index (κ1) is 11.3. The summed E-state index contributed by atoms with van der Waals surface area (Å²) in [4.78, 5) is 4.16. The lowest BCUT2D eigenvalue weighted by molar-refractivity contribution is 0.247. The number of hydrogen-bond acceptors (Lipinski definition) is 1. The maximum atomic E-state index is 5.75. The molecule has 82 valence electrons. The minimum absolute atomic E-state index is 0.529. The summed E-state index contributed by atoms with van der Waals surface area (Å²) in [5, 5.41) is 3.32. The Labute approximate surface area is 87.2 Å². The number of nitrogens with zero attached hydrogens (tertiary/aromatic N) is 1. The van der Waals surface area contributed by atoms with Crippen LogP contribution in [0.25, 0.3) is 0 Å². The Kier molecular flexibility index (Phi) is 4.23. The first-order valence-corrected chi connectivity index (χ1v) is 5.70. The molecule has 3 N–H and O–H groups in total. The van der Waals surface area contributed by atoms with E-state index in [1.165, 1.54) is 19.3 Å². The van der Waals surface area contributed by atoms with Gasteiger partial charge in [0.15, 0.2) is 5.96 Å². The fourth-order valence-corrected chi connectivity index (χ4v) is 2.29. The van der Waals surface area contributed by atoms with Crippen molar-refractivity contribution < 1.29 is 0 Å². The van der Waals surface area contributed by atoms with E-state index in [4.69, 9.17) is 5.73 Å². The van der Waals surface area contributed by atoms with Crippen LogP contribution in [-0.2, 0) is 0 Å². The summed E-state index contributed by atoms with van der Waals surface area (Å²) in [6.45, 7) is 7.39. The summed E-state index contributed by atoms with van der Waals surface area (Å²) in [7, 11) is 0. The van der Waals surface area contributed by atoms with Gasteiger partial charge in [-0.05, 0) is 38.0 Å². The molecule has 0 aliphatic heterocycles. The van der Waals surface area contributed by atoms with Gasteiger partial charge in [0.2, 0.25) is 0 Å². The zero-order valence-corrected chi connectivity index (χ0v) is 9.59. The third-order valence-corrected chi connectivity index (χ3v) is 3.09. The summed E-state index contributed by atoms with van der Waals surface area (Å²) in [6, 6.07) is 0.529. The monoisotopic (exact) mass is 197 g/mol. The van der Waals surface area contributed by atoms with Gasteiger partial charge >= 0.3 is 0 Å². The van der Waals surface area contributed by atoms with Crippen LogP contribution in [0.4, 0.5) is 0 Å². The highest BCUT2D eigenvalue weighted by atomic mass is 15.1. The molecule has 0 saturated heterocycles. The molecule has 0 radical (unpaired) electrons. The van der Waals surface area contributed by atoms with Crippen molar-refractivity contribution in [3.63, 3.8) is 0 Å². The summed E-state index contributed by atoms with van der Waals surface area (Å²) >= 11 is 0. The van der Waals surface area contributed by atoms with Crippen molar-refractivity contribution in [3.05, 3.63) is 0 Å². The molecule has 0 aromatic rings. The van der Waals surface area contributed by atoms with Gasteiger partial charge in [0, 0.05) is 12.6 Å². The zero-order valence-electron chi connectivity index (χ0n) is 9.59. The van der Waals surface area contributed by atoms with Crippen molar-refractivity contribution in [3.8, 4) is 0 Å². The van der Waals surface area contributed by atoms with Crippen molar-refractivity contribution in [2.24, 2.45) is 22.6 Å². The van der Waals surface area contributed by atoms with E-state index in [9.17, 15) is 0 Å². The minimum atomic E-state index is 0.529. The van der Waals surface area contributed by atoms with E-state index >= 15 is 0 Å². The molecule has 3 atom stereocenters. The molecule has 0 heterocycles. The van der Waals surface area contributed by atoms with E-state index in [-0.39, 0.29) is 0 Å². The topological polar surface area (TPSA) is 50.4 Å². The third-order valence-electron chi connectivity index (χ3n) is 3.09. The summed E-state index contributed by atoms with van der Waals surface area (Å²) in [6.07, 6.45) is 3.83. The molecule has 0 spiro atoms. The quantitative estimate of drug-likeness (QED) is 0.523. The largest absolute Gasteiger partial charge is 0.370 e. The molecule has 1 fully saturated rings. The molecule has 14 heavy (non-hydrogen) atoms. The molecular weight excluding hydrogens is 174 g/mol. The normalized spacial score (nSPS) is 34.2. The Morgan fingerprint density at radius 1 is 1.43 bits per heavy atom. The summed E-state index contributed by atoms with van der Waals surface area (Å²) in [5.74, 6) is 2.19. The molecule has 1 aliphatic carbocycles. The van der Waals surface area contributed by atoms with Gasteiger partial charge in [-0.25, -0.2) is 0 Å². The average Bonchev–Trinajstić information content (AvgIpc) is 2.10. The van der Waals surface area contributed by atoms with Crippen LogP contribution < -0.4 is 11.1 Å². The Morgan fingerprint density at radius 3 is 2.71 bits per heavy atom. The van der Waals surface area contributed by atoms with Crippen molar-refractivity contribution in [2.75, 3.05) is 6.54 Å². The Balaban J connectivity index is 2.41. The number of nitrogens with one attached hydrogen (secondary N) is 1. The number of guanidine groups is 1. The standard InChI is InChI=1S/C11H23N3/c1-4-13-11(12)14-10-6-5-8(2)7-9(10)3/h8-10H,4-7H2,1-3H3,(H3,12,13,14). The van der Waals surface area contributed by atoms with Gasteiger partial charge in [-0.3, -0.25) is 4.99 Å². The van der Waals surface area contributed by atoms with Crippen molar-refractivity contribution in [1.29, 1.82) is 0 Å². The maximum absolute atomic E-state index is 5.75. The predicted octanol–water partition coefficient (Wildman–Crippen LogP) is 1.74. The van der Waals surface area contributed by atoms with Crippen LogP contribution in [0.5, 0.6) is 0 Å². The number of nitrogens with two attached hydrogens (primary N) is 1. The summed E-state index contributed by atoms with van der Waals surface area (Å²) < 4.78 is 0. The predicted molar refractivity (Wildman–Crippen MR) is 61.3 cm³/mol. The average molecular weight is 197 g/mol. The van der Waals surface area contributed by atoms with Gasteiger partial charge in [0.25, 0.3) is 0 Å². The molecule has 0 amide bonds. The molecule has 0 bridgehead atoms. The van der Waals surface area contributed by atoms with Gasteiger partial charge in [-0.1, -0.05) is 13.8 Å². The smallest absolute Gasteiger partial charge is 0.188 e. The highest BCUT2D eigenvalue weighted by molar-refractivity contribution is 5.78. The van der Waals surface area contributed by atoms with E-state index in [2.05, 4.69) is 24.2 Å². The highest BCUT2D eigenvalue weighted by Crippen LogP contribution is 2.28. The van der Waals surface area contributed by atoms with Gasteiger partial charge < -0.3 is 11.1 Å². The Hall–Kier alpha value is -0.730. The first-order valence-electron chi connectivity index (χ1n) is 5.70. The Morgan fingerprint density at radius 2 is 2.14 bits per heavy atom. The summed E-state index contributed by atoms with van der Waals surface area (Å²) in [5.41, 5.74) is 5.75. The third kappa shape index (κ3) is 3.20. The SMILES string of the molecule is CCN=C(N)NC1CCC(C)CC1C. The Bertz CT molecular complexity index is 201. The highest BCUT2D eigenvalue weighted by Gasteiger charge is 2.25. The van der Waals surface area contributed by atoms with Crippen LogP contribution in [0.3, 0.4) is 0 Å². The van der Waals surface area contributed by atoms with Gasteiger partial charge in [-0.15, -0.1) is 0 Å². The number of rotatable bonds is 2.